The number of rotatable bonds is 3. The number of likely N-dealkylation sites (tertiary alicyclic amines) is 1. The molecule has 2 aromatic heterocycles. The fourth-order valence-corrected chi connectivity index (χ4v) is 3.37. The topological polar surface area (TPSA) is 74.8 Å². The zero-order valence-corrected chi connectivity index (χ0v) is 11.6. The largest absolute Gasteiger partial charge is 0.333 e. The van der Waals surface area contributed by atoms with Gasteiger partial charge in [0.2, 0.25) is 5.91 Å². The molecule has 3 heterocycles. The summed E-state index contributed by atoms with van der Waals surface area (Å²) in [7, 11) is 0. The number of nitrogens with zero attached hydrogens (tertiary/aromatic N) is 5. The van der Waals surface area contributed by atoms with Gasteiger partial charge in [0.25, 0.3) is 5.82 Å². The van der Waals surface area contributed by atoms with Gasteiger partial charge in [-0.25, -0.2) is 9.67 Å². The number of hydrogen-bond acceptors (Lipinski definition) is 5. The lowest BCUT2D eigenvalue weighted by Crippen LogP contribution is -2.33. The maximum atomic E-state index is 12.4. The lowest BCUT2D eigenvalue weighted by atomic mass is 10.2. The molecule has 6 nitrogen and oxygen atoms in total. The quantitative estimate of drug-likeness (QED) is 0.859. The standard InChI is InChI=1S/C13H13N5OS/c14-7-12-15-9-17(16-12)8-13(19)18-5-1-3-10(18)11-4-2-6-20-11/h2,4,6,9-10H,1,3,5,8H2. The second kappa shape index (κ2) is 5.43. The second-order valence-corrected chi connectivity index (χ2v) is 5.62. The van der Waals surface area contributed by atoms with Crippen LogP contribution in [0.4, 0.5) is 0 Å². The number of thiophene rings is 1. The number of carbonyl (C=O) groups excluding carboxylic acids is 1. The predicted octanol–water partition coefficient (Wildman–Crippen LogP) is 1.57. The molecule has 0 N–H and O–H groups in total. The highest BCUT2D eigenvalue weighted by Gasteiger charge is 2.30. The Labute approximate surface area is 120 Å². The molecule has 1 atom stereocenters. The molecule has 0 aliphatic carbocycles. The summed E-state index contributed by atoms with van der Waals surface area (Å²) >= 11 is 1.68. The molecule has 3 rings (SSSR count). The van der Waals surface area contributed by atoms with Crippen molar-refractivity contribution in [1.82, 2.24) is 19.7 Å². The van der Waals surface area contributed by atoms with Gasteiger partial charge in [0.15, 0.2) is 0 Å². The Morgan fingerprint density at radius 2 is 2.50 bits per heavy atom. The summed E-state index contributed by atoms with van der Waals surface area (Å²) in [5.74, 6) is 0.115. The van der Waals surface area contributed by atoms with Crippen molar-refractivity contribution >= 4 is 17.2 Å². The number of amides is 1. The minimum Gasteiger partial charge on any atom is -0.333 e. The Morgan fingerprint density at radius 3 is 3.20 bits per heavy atom. The molecule has 1 fully saturated rings. The van der Waals surface area contributed by atoms with E-state index in [1.165, 1.54) is 15.9 Å². The number of carbonyl (C=O) groups is 1. The van der Waals surface area contributed by atoms with Crippen molar-refractivity contribution in [2.75, 3.05) is 6.54 Å². The van der Waals surface area contributed by atoms with Gasteiger partial charge in [-0.2, -0.15) is 5.26 Å². The normalized spacial score (nSPS) is 18.1. The van der Waals surface area contributed by atoms with Crippen molar-refractivity contribution in [3.05, 3.63) is 34.5 Å². The van der Waals surface area contributed by atoms with Gasteiger partial charge in [0, 0.05) is 11.4 Å². The number of aromatic nitrogens is 3. The van der Waals surface area contributed by atoms with Gasteiger partial charge in [-0.1, -0.05) is 6.07 Å². The van der Waals surface area contributed by atoms with Crippen molar-refractivity contribution in [2.45, 2.75) is 25.4 Å². The van der Waals surface area contributed by atoms with Crippen LogP contribution < -0.4 is 0 Å². The highest BCUT2D eigenvalue weighted by molar-refractivity contribution is 7.10. The summed E-state index contributed by atoms with van der Waals surface area (Å²) in [5, 5.41) is 14.6. The van der Waals surface area contributed by atoms with Crippen LogP contribution in [-0.4, -0.2) is 32.1 Å². The molecule has 0 saturated carbocycles. The molecule has 0 bridgehead atoms. The van der Waals surface area contributed by atoms with Gasteiger partial charge < -0.3 is 4.90 Å². The van der Waals surface area contributed by atoms with Crippen LogP contribution in [-0.2, 0) is 11.3 Å². The first-order valence-electron chi connectivity index (χ1n) is 6.40. The molecule has 1 amide bonds. The zero-order valence-electron chi connectivity index (χ0n) is 10.8. The fourth-order valence-electron chi connectivity index (χ4n) is 2.49. The molecule has 1 aliphatic heterocycles. The van der Waals surface area contributed by atoms with Crippen molar-refractivity contribution < 1.29 is 4.79 Å². The van der Waals surface area contributed by atoms with E-state index in [0.717, 1.165) is 19.4 Å². The van der Waals surface area contributed by atoms with Crippen molar-refractivity contribution in [3.63, 3.8) is 0 Å². The fraction of sp³-hybridized carbons (Fsp3) is 0.385. The van der Waals surface area contributed by atoms with E-state index in [-0.39, 0.29) is 24.3 Å². The summed E-state index contributed by atoms with van der Waals surface area (Å²) in [6.07, 6.45) is 3.45. The van der Waals surface area contributed by atoms with Gasteiger partial charge >= 0.3 is 0 Å². The Hall–Kier alpha value is -2.20. The van der Waals surface area contributed by atoms with Crippen LogP contribution >= 0.6 is 11.3 Å². The summed E-state index contributed by atoms with van der Waals surface area (Å²) in [6.45, 7) is 0.914. The first kappa shape index (κ1) is 12.8. The SMILES string of the molecule is N#Cc1ncn(CC(=O)N2CCCC2c2cccs2)n1. The zero-order chi connectivity index (χ0) is 13.9. The third kappa shape index (κ3) is 2.42. The van der Waals surface area contributed by atoms with Gasteiger partial charge in [-0.05, 0) is 24.3 Å². The van der Waals surface area contributed by atoms with E-state index in [2.05, 4.69) is 16.1 Å². The van der Waals surface area contributed by atoms with Crippen LogP contribution in [0, 0.1) is 11.3 Å². The van der Waals surface area contributed by atoms with E-state index < -0.39 is 0 Å². The lowest BCUT2D eigenvalue weighted by Gasteiger charge is -2.23. The van der Waals surface area contributed by atoms with E-state index >= 15 is 0 Å². The van der Waals surface area contributed by atoms with Crippen LogP contribution in [0.1, 0.15) is 29.6 Å². The highest BCUT2D eigenvalue weighted by Crippen LogP contribution is 2.34. The van der Waals surface area contributed by atoms with Gasteiger partial charge in [0.05, 0.1) is 6.04 Å². The van der Waals surface area contributed by atoms with Crippen LogP contribution in [0.5, 0.6) is 0 Å². The summed E-state index contributed by atoms with van der Waals surface area (Å²) < 4.78 is 1.42. The molecule has 0 aromatic carbocycles. The van der Waals surface area contributed by atoms with Crippen LogP contribution in [0.2, 0.25) is 0 Å². The average molecular weight is 287 g/mol. The van der Waals surface area contributed by atoms with Crippen molar-refractivity contribution in [3.8, 4) is 6.07 Å². The summed E-state index contributed by atoms with van der Waals surface area (Å²) in [4.78, 5) is 19.3. The minimum absolute atomic E-state index is 0.0234. The third-order valence-corrected chi connectivity index (χ3v) is 4.35. The average Bonchev–Trinajstić information content (AvgIpc) is 3.19. The van der Waals surface area contributed by atoms with E-state index in [1.54, 1.807) is 11.3 Å². The Kier molecular flexibility index (Phi) is 3.48. The Morgan fingerprint density at radius 1 is 1.60 bits per heavy atom. The first-order chi connectivity index (χ1) is 9.78. The maximum Gasteiger partial charge on any atom is 0.252 e. The molecular weight excluding hydrogens is 274 g/mol. The van der Waals surface area contributed by atoms with E-state index in [1.807, 2.05) is 22.4 Å². The summed E-state index contributed by atoms with van der Waals surface area (Å²) in [5.41, 5.74) is 0. The van der Waals surface area contributed by atoms with E-state index in [0.29, 0.717) is 0 Å². The maximum absolute atomic E-state index is 12.4. The van der Waals surface area contributed by atoms with Gasteiger partial charge in [-0.3, -0.25) is 4.79 Å². The minimum atomic E-state index is 0.0234. The van der Waals surface area contributed by atoms with Crippen molar-refractivity contribution in [2.24, 2.45) is 0 Å². The highest BCUT2D eigenvalue weighted by atomic mass is 32.1. The molecule has 2 aromatic rings. The van der Waals surface area contributed by atoms with Gasteiger partial charge in [0.1, 0.15) is 18.9 Å². The smallest absolute Gasteiger partial charge is 0.252 e. The molecule has 0 spiro atoms. The predicted molar refractivity (Wildman–Crippen MR) is 72.7 cm³/mol. The van der Waals surface area contributed by atoms with Crippen LogP contribution in [0.15, 0.2) is 23.8 Å². The number of hydrogen-bond donors (Lipinski definition) is 0. The van der Waals surface area contributed by atoms with Crippen molar-refractivity contribution in [1.29, 1.82) is 5.26 Å². The van der Waals surface area contributed by atoms with E-state index in [4.69, 9.17) is 5.26 Å². The van der Waals surface area contributed by atoms with Gasteiger partial charge in [-0.15, -0.1) is 16.4 Å². The molecule has 1 saturated heterocycles. The molecule has 102 valence electrons. The Bertz CT molecular complexity index is 642. The number of nitriles is 1. The first-order valence-corrected chi connectivity index (χ1v) is 7.28. The molecule has 1 aliphatic rings. The van der Waals surface area contributed by atoms with Crippen LogP contribution in [0.25, 0.3) is 0 Å². The van der Waals surface area contributed by atoms with E-state index in [9.17, 15) is 4.79 Å². The molecule has 0 radical (unpaired) electrons. The third-order valence-electron chi connectivity index (χ3n) is 3.38. The molecule has 1 unspecified atom stereocenters. The lowest BCUT2D eigenvalue weighted by molar-refractivity contribution is -0.132. The molecule has 20 heavy (non-hydrogen) atoms. The monoisotopic (exact) mass is 287 g/mol. The molecule has 7 heteroatoms. The second-order valence-electron chi connectivity index (χ2n) is 4.64. The molecular formula is C13H13N5OS. The summed E-state index contributed by atoms with van der Waals surface area (Å²) in [6, 6.07) is 6.12. The van der Waals surface area contributed by atoms with Crippen LogP contribution in [0.3, 0.4) is 0 Å². The Balaban J connectivity index is 1.71.